The summed E-state index contributed by atoms with van der Waals surface area (Å²) in [5.74, 6) is 1.53. The molecular formula is C25H26N4O2. The predicted octanol–water partition coefficient (Wildman–Crippen LogP) is 4.53. The third-order valence-corrected chi connectivity index (χ3v) is 5.10. The minimum absolute atomic E-state index is 0.203. The Hall–Kier alpha value is -3.67. The van der Waals surface area contributed by atoms with E-state index in [0.29, 0.717) is 18.8 Å². The van der Waals surface area contributed by atoms with E-state index >= 15 is 0 Å². The number of pyridine rings is 1. The Kier molecular flexibility index (Phi) is 6.57. The Labute approximate surface area is 181 Å². The number of aryl methyl sites for hydroxylation is 2. The number of carbonyl (C=O) groups excluding carboxylic acids is 1. The number of aromatic nitrogens is 3. The number of fused-ring (bicyclic) bond motifs is 1. The average Bonchev–Trinajstić information content (AvgIpc) is 3.16. The number of ether oxygens (including phenoxy) is 1. The second-order valence-corrected chi connectivity index (χ2v) is 7.43. The van der Waals surface area contributed by atoms with Crippen molar-refractivity contribution in [3.63, 3.8) is 0 Å². The van der Waals surface area contributed by atoms with Crippen LogP contribution in [0, 0.1) is 6.92 Å². The molecule has 0 unspecified atom stereocenters. The number of benzene rings is 2. The van der Waals surface area contributed by atoms with Crippen molar-refractivity contribution in [3.8, 4) is 5.75 Å². The molecule has 0 atom stereocenters. The molecule has 4 aromatic rings. The van der Waals surface area contributed by atoms with Crippen LogP contribution in [-0.4, -0.2) is 27.0 Å². The molecule has 6 nitrogen and oxygen atoms in total. The molecule has 31 heavy (non-hydrogen) atoms. The zero-order chi connectivity index (χ0) is 21.5. The molecule has 2 aromatic heterocycles. The molecule has 158 valence electrons. The van der Waals surface area contributed by atoms with Crippen molar-refractivity contribution in [2.24, 2.45) is 0 Å². The topological polar surface area (TPSA) is 69.0 Å². The fraction of sp³-hybridized carbons (Fsp3) is 0.240. The van der Waals surface area contributed by atoms with Crippen LogP contribution in [0.4, 0.5) is 0 Å². The normalized spacial score (nSPS) is 10.9. The summed E-state index contributed by atoms with van der Waals surface area (Å²) in [5, 5.41) is 2.93. The predicted molar refractivity (Wildman–Crippen MR) is 121 cm³/mol. The molecule has 0 saturated carbocycles. The standard InChI is InChI=1S/C25H26N4O2/c1-19-11-13-20(14-12-19)31-17-7-6-16-29-23-10-3-2-8-21(23)28-24(29)18-27-25(30)22-9-4-5-15-26-22/h2-5,8-15H,6-7,16-18H2,1H3,(H,27,30). The van der Waals surface area contributed by atoms with Gasteiger partial charge in [-0.1, -0.05) is 35.9 Å². The van der Waals surface area contributed by atoms with Crippen LogP contribution in [0.2, 0.25) is 0 Å². The van der Waals surface area contributed by atoms with Crippen molar-refractivity contribution >= 4 is 16.9 Å². The van der Waals surface area contributed by atoms with E-state index < -0.39 is 0 Å². The molecule has 0 aliphatic heterocycles. The number of unbranched alkanes of at least 4 members (excludes halogenated alkanes) is 1. The molecule has 0 saturated heterocycles. The largest absolute Gasteiger partial charge is 0.494 e. The fourth-order valence-corrected chi connectivity index (χ4v) is 3.45. The Morgan fingerprint density at radius 3 is 2.61 bits per heavy atom. The maximum absolute atomic E-state index is 12.4. The molecule has 0 aliphatic carbocycles. The van der Waals surface area contributed by atoms with E-state index in [0.717, 1.165) is 42.0 Å². The van der Waals surface area contributed by atoms with E-state index in [1.807, 2.05) is 30.3 Å². The molecule has 0 fully saturated rings. The molecule has 4 rings (SSSR count). The molecular weight excluding hydrogens is 388 g/mol. The number of nitrogens with one attached hydrogen (secondary N) is 1. The van der Waals surface area contributed by atoms with Gasteiger partial charge in [-0.05, 0) is 56.2 Å². The van der Waals surface area contributed by atoms with Crippen molar-refractivity contribution in [1.29, 1.82) is 0 Å². The van der Waals surface area contributed by atoms with Gasteiger partial charge in [0.05, 0.1) is 24.2 Å². The SMILES string of the molecule is Cc1ccc(OCCCCn2c(CNC(=O)c3ccccn3)nc3ccccc32)cc1. The second-order valence-electron chi connectivity index (χ2n) is 7.43. The Morgan fingerprint density at radius 1 is 1.00 bits per heavy atom. The summed E-state index contributed by atoms with van der Waals surface area (Å²) >= 11 is 0. The van der Waals surface area contributed by atoms with Gasteiger partial charge in [-0.2, -0.15) is 0 Å². The smallest absolute Gasteiger partial charge is 0.270 e. The van der Waals surface area contributed by atoms with E-state index in [2.05, 4.69) is 40.0 Å². The fourth-order valence-electron chi connectivity index (χ4n) is 3.45. The zero-order valence-corrected chi connectivity index (χ0v) is 17.6. The number of carbonyl (C=O) groups is 1. The number of para-hydroxylation sites is 2. The van der Waals surface area contributed by atoms with Crippen LogP contribution in [0.1, 0.15) is 34.7 Å². The van der Waals surface area contributed by atoms with Gasteiger partial charge in [-0.25, -0.2) is 4.98 Å². The van der Waals surface area contributed by atoms with Gasteiger partial charge in [0.25, 0.3) is 5.91 Å². The minimum Gasteiger partial charge on any atom is -0.494 e. The zero-order valence-electron chi connectivity index (χ0n) is 17.6. The Morgan fingerprint density at radius 2 is 1.81 bits per heavy atom. The highest BCUT2D eigenvalue weighted by atomic mass is 16.5. The number of hydrogen-bond donors (Lipinski definition) is 1. The molecule has 1 amide bonds. The summed E-state index contributed by atoms with van der Waals surface area (Å²) in [6.07, 6.45) is 3.50. The van der Waals surface area contributed by atoms with E-state index in [9.17, 15) is 4.79 Å². The van der Waals surface area contributed by atoms with Crippen molar-refractivity contribution in [3.05, 3.63) is 90.0 Å². The van der Waals surface area contributed by atoms with Gasteiger partial charge in [-0.15, -0.1) is 0 Å². The maximum atomic E-state index is 12.4. The number of nitrogens with zero attached hydrogens (tertiary/aromatic N) is 3. The summed E-state index contributed by atoms with van der Waals surface area (Å²) in [7, 11) is 0. The number of amides is 1. The first-order valence-electron chi connectivity index (χ1n) is 10.5. The second kappa shape index (κ2) is 9.89. The van der Waals surface area contributed by atoms with E-state index in [4.69, 9.17) is 9.72 Å². The third-order valence-electron chi connectivity index (χ3n) is 5.10. The first kappa shape index (κ1) is 20.6. The van der Waals surface area contributed by atoms with Crippen LogP contribution in [0.5, 0.6) is 5.75 Å². The average molecular weight is 415 g/mol. The van der Waals surface area contributed by atoms with Gasteiger partial charge >= 0.3 is 0 Å². The molecule has 1 N–H and O–H groups in total. The van der Waals surface area contributed by atoms with E-state index in [-0.39, 0.29) is 5.91 Å². The molecule has 6 heteroatoms. The molecule has 0 radical (unpaired) electrons. The highest BCUT2D eigenvalue weighted by Crippen LogP contribution is 2.18. The first-order chi connectivity index (χ1) is 15.2. The number of rotatable bonds is 9. The lowest BCUT2D eigenvalue weighted by Gasteiger charge is -2.11. The van der Waals surface area contributed by atoms with Crippen molar-refractivity contribution < 1.29 is 9.53 Å². The summed E-state index contributed by atoms with van der Waals surface area (Å²) < 4.78 is 8.02. The van der Waals surface area contributed by atoms with E-state index in [1.165, 1.54) is 5.56 Å². The van der Waals surface area contributed by atoms with Crippen LogP contribution in [-0.2, 0) is 13.1 Å². The van der Waals surface area contributed by atoms with Crippen LogP contribution in [0.3, 0.4) is 0 Å². The van der Waals surface area contributed by atoms with Gasteiger partial charge in [0.2, 0.25) is 0 Å². The van der Waals surface area contributed by atoms with Crippen LogP contribution in [0.25, 0.3) is 11.0 Å². The minimum atomic E-state index is -0.203. The summed E-state index contributed by atoms with van der Waals surface area (Å²) in [5.41, 5.74) is 3.63. The van der Waals surface area contributed by atoms with Gasteiger partial charge in [0.15, 0.2) is 0 Å². The summed E-state index contributed by atoms with van der Waals surface area (Å²) in [6.45, 7) is 3.90. The van der Waals surface area contributed by atoms with Crippen molar-refractivity contribution in [1.82, 2.24) is 19.9 Å². The molecule has 2 aromatic carbocycles. The van der Waals surface area contributed by atoms with Gasteiger partial charge in [0, 0.05) is 12.7 Å². The third kappa shape index (κ3) is 5.28. The Bertz CT molecular complexity index is 1140. The number of hydrogen-bond acceptors (Lipinski definition) is 4. The molecule has 0 spiro atoms. The maximum Gasteiger partial charge on any atom is 0.270 e. The first-order valence-corrected chi connectivity index (χ1v) is 10.5. The molecule has 2 heterocycles. The summed E-state index contributed by atoms with van der Waals surface area (Å²) in [4.78, 5) is 21.2. The van der Waals surface area contributed by atoms with E-state index in [1.54, 1.807) is 24.4 Å². The lowest BCUT2D eigenvalue weighted by atomic mass is 10.2. The van der Waals surface area contributed by atoms with Crippen LogP contribution < -0.4 is 10.1 Å². The van der Waals surface area contributed by atoms with Gasteiger partial charge < -0.3 is 14.6 Å². The van der Waals surface area contributed by atoms with Crippen LogP contribution in [0.15, 0.2) is 72.9 Å². The highest BCUT2D eigenvalue weighted by molar-refractivity contribution is 5.92. The lowest BCUT2D eigenvalue weighted by molar-refractivity contribution is 0.0944. The van der Waals surface area contributed by atoms with Gasteiger partial charge in [-0.3, -0.25) is 9.78 Å². The number of imidazole rings is 1. The lowest BCUT2D eigenvalue weighted by Crippen LogP contribution is -2.25. The van der Waals surface area contributed by atoms with Crippen LogP contribution >= 0.6 is 0 Å². The molecule has 0 bridgehead atoms. The quantitative estimate of drug-likeness (QED) is 0.409. The monoisotopic (exact) mass is 414 g/mol. The highest BCUT2D eigenvalue weighted by Gasteiger charge is 2.12. The van der Waals surface area contributed by atoms with Crippen molar-refractivity contribution in [2.45, 2.75) is 32.9 Å². The summed E-state index contributed by atoms with van der Waals surface area (Å²) in [6, 6.07) is 21.5. The van der Waals surface area contributed by atoms with Crippen molar-refractivity contribution in [2.75, 3.05) is 6.61 Å². The van der Waals surface area contributed by atoms with Gasteiger partial charge in [0.1, 0.15) is 17.3 Å². The molecule has 0 aliphatic rings. The Balaban J connectivity index is 1.37.